The fourth-order valence-electron chi connectivity index (χ4n) is 2.42. The number of likely N-dealkylation sites (N-methyl/N-ethyl adjacent to an activating group) is 1. The summed E-state index contributed by atoms with van der Waals surface area (Å²) >= 11 is 0. The number of amides is 1. The maximum Gasteiger partial charge on any atom is 0.270 e. The van der Waals surface area contributed by atoms with E-state index in [9.17, 15) is 14.9 Å². The first-order chi connectivity index (χ1) is 12.0. The van der Waals surface area contributed by atoms with E-state index < -0.39 is 4.92 Å². The number of carbonyl (C=O) groups is 1. The van der Waals surface area contributed by atoms with Gasteiger partial charge >= 0.3 is 0 Å². The Bertz CT molecular complexity index is 758. The fourth-order valence-corrected chi connectivity index (χ4v) is 2.42. The molecule has 1 amide bonds. The van der Waals surface area contributed by atoms with Gasteiger partial charge in [0.05, 0.1) is 11.0 Å². The Morgan fingerprint density at radius 3 is 2.56 bits per heavy atom. The van der Waals surface area contributed by atoms with Gasteiger partial charge in [-0.05, 0) is 31.3 Å². The van der Waals surface area contributed by atoms with E-state index in [1.165, 1.54) is 18.2 Å². The van der Waals surface area contributed by atoms with E-state index in [1.807, 2.05) is 49.3 Å². The molecule has 0 heterocycles. The summed E-state index contributed by atoms with van der Waals surface area (Å²) in [6.45, 7) is 0.667. The van der Waals surface area contributed by atoms with E-state index in [0.29, 0.717) is 12.1 Å². The van der Waals surface area contributed by atoms with Crippen molar-refractivity contribution in [2.45, 2.75) is 6.04 Å². The van der Waals surface area contributed by atoms with Gasteiger partial charge in [0, 0.05) is 24.8 Å². The summed E-state index contributed by atoms with van der Waals surface area (Å²) in [5.41, 5.74) is 1.62. The second-order valence-corrected chi connectivity index (χ2v) is 5.92. The monoisotopic (exact) mass is 339 g/mol. The second kappa shape index (κ2) is 8.75. The van der Waals surface area contributed by atoms with Crippen LogP contribution in [0.3, 0.4) is 0 Å². The Balaban J connectivity index is 2.08. The van der Waals surface area contributed by atoms with Gasteiger partial charge in [0.15, 0.2) is 0 Å². The van der Waals surface area contributed by atoms with Gasteiger partial charge in [-0.1, -0.05) is 42.5 Å². The van der Waals surface area contributed by atoms with E-state index in [4.69, 9.17) is 0 Å². The first-order valence-electron chi connectivity index (χ1n) is 7.88. The van der Waals surface area contributed by atoms with Gasteiger partial charge in [-0.3, -0.25) is 14.9 Å². The van der Waals surface area contributed by atoms with Gasteiger partial charge in [-0.25, -0.2) is 0 Å². The maximum atomic E-state index is 12.3. The molecule has 1 N–H and O–H groups in total. The highest BCUT2D eigenvalue weighted by molar-refractivity contribution is 5.92. The Morgan fingerprint density at radius 2 is 1.92 bits per heavy atom. The van der Waals surface area contributed by atoms with E-state index in [2.05, 4.69) is 5.32 Å². The number of hydrogen-bond donors (Lipinski definition) is 1. The molecule has 6 nitrogen and oxygen atoms in total. The van der Waals surface area contributed by atoms with Crippen LogP contribution in [0.1, 0.15) is 17.2 Å². The lowest BCUT2D eigenvalue weighted by Gasteiger charge is -2.22. The number of nitro groups is 1. The molecular weight excluding hydrogens is 318 g/mol. The largest absolute Gasteiger partial charge is 0.344 e. The highest BCUT2D eigenvalue weighted by Gasteiger charge is 2.14. The number of nitrogens with zero attached hydrogens (tertiary/aromatic N) is 2. The third-order valence-electron chi connectivity index (χ3n) is 3.57. The number of benzene rings is 2. The van der Waals surface area contributed by atoms with Crippen molar-refractivity contribution in [2.24, 2.45) is 0 Å². The van der Waals surface area contributed by atoms with Crippen molar-refractivity contribution >= 4 is 17.7 Å². The predicted octanol–water partition coefficient (Wildman–Crippen LogP) is 3.03. The zero-order valence-corrected chi connectivity index (χ0v) is 14.3. The molecule has 0 radical (unpaired) electrons. The van der Waals surface area contributed by atoms with Gasteiger partial charge < -0.3 is 10.2 Å². The van der Waals surface area contributed by atoms with Gasteiger partial charge in [0.25, 0.3) is 5.69 Å². The molecule has 2 aromatic rings. The van der Waals surface area contributed by atoms with Crippen LogP contribution in [-0.4, -0.2) is 36.4 Å². The Labute approximate surface area is 146 Å². The molecule has 0 aliphatic rings. The van der Waals surface area contributed by atoms with Crippen molar-refractivity contribution in [1.29, 1.82) is 0 Å². The zero-order chi connectivity index (χ0) is 18.2. The van der Waals surface area contributed by atoms with Gasteiger partial charge in [0.2, 0.25) is 5.91 Å². The Hall–Kier alpha value is -2.99. The summed E-state index contributed by atoms with van der Waals surface area (Å²) < 4.78 is 0. The third kappa shape index (κ3) is 5.86. The smallest absolute Gasteiger partial charge is 0.270 e. The summed E-state index contributed by atoms with van der Waals surface area (Å²) in [5.74, 6) is -0.248. The number of nitrogens with one attached hydrogen (secondary N) is 1. The lowest BCUT2D eigenvalue weighted by molar-refractivity contribution is -0.384. The molecule has 1 atom stereocenters. The lowest BCUT2D eigenvalue weighted by Crippen LogP contribution is -2.34. The fraction of sp³-hybridized carbons (Fsp3) is 0.211. The molecule has 0 saturated heterocycles. The highest BCUT2D eigenvalue weighted by atomic mass is 16.6. The maximum absolute atomic E-state index is 12.3. The Morgan fingerprint density at radius 1 is 1.20 bits per heavy atom. The van der Waals surface area contributed by atoms with Crippen molar-refractivity contribution in [2.75, 3.05) is 20.6 Å². The van der Waals surface area contributed by atoms with Gasteiger partial charge in [-0.2, -0.15) is 0 Å². The van der Waals surface area contributed by atoms with Crippen molar-refractivity contribution in [3.05, 3.63) is 81.9 Å². The van der Waals surface area contributed by atoms with Crippen LogP contribution in [0, 0.1) is 10.1 Å². The second-order valence-electron chi connectivity index (χ2n) is 5.92. The molecule has 0 bridgehead atoms. The lowest BCUT2D eigenvalue weighted by atomic mass is 10.1. The molecule has 0 aliphatic heterocycles. The topological polar surface area (TPSA) is 75.5 Å². The molecule has 0 spiro atoms. The van der Waals surface area contributed by atoms with Gasteiger partial charge in [-0.15, -0.1) is 0 Å². The van der Waals surface area contributed by atoms with E-state index in [-0.39, 0.29) is 17.6 Å². The molecule has 130 valence electrons. The minimum atomic E-state index is -0.458. The number of hydrogen-bond acceptors (Lipinski definition) is 4. The number of rotatable bonds is 7. The molecule has 0 fully saturated rings. The first-order valence-corrected chi connectivity index (χ1v) is 7.88. The SMILES string of the molecule is CN(C)C[C@@H](NC(=O)/C=C/c1cccc([N+](=O)[O-])c1)c1ccccc1. The van der Waals surface area contributed by atoms with E-state index >= 15 is 0 Å². The average Bonchev–Trinajstić information content (AvgIpc) is 2.60. The highest BCUT2D eigenvalue weighted by Crippen LogP contribution is 2.15. The molecule has 2 aromatic carbocycles. The van der Waals surface area contributed by atoms with Gasteiger partial charge in [0.1, 0.15) is 0 Å². The third-order valence-corrected chi connectivity index (χ3v) is 3.57. The molecule has 2 rings (SSSR count). The molecule has 0 aromatic heterocycles. The minimum absolute atomic E-state index is 0.00247. The molecule has 6 heteroatoms. The van der Waals surface area contributed by atoms with E-state index in [0.717, 1.165) is 5.56 Å². The molecule has 0 aliphatic carbocycles. The minimum Gasteiger partial charge on any atom is -0.344 e. The number of carbonyl (C=O) groups excluding carboxylic acids is 1. The van der Waals surface area contributed by atoms with Crippen molar-refractivity contribution < 1.29 is 9.72 Å². The molecule has 0 saturated carbocycles. The predicted molar refractivity (Wildman–Crippen MR) is 98.0 cm³/mol. The van der Waals surface area contributed by atoms with Crippen LogP contribution in [-0.2, 0) is 4.79 Å². The zero-order valence-electron chi connectivity index (χ0n) is 14.3. The van der Waals surface area contributed by atoms with Crippen LogP contribution >= 0.6 is 0 Å². The molecule has 0 unspecified atom stereocenters. The summed E-state index contributed by atoms with van der Waals surface area (Å²) in [4.78, 5) is 24.6. The van der Waals surface area contributed by atoms with Crippen molar-refractivity contribution in [3.8, 4) is 0 Å². The normalized spacial score (nSPS) is 12.3. The first kappa shape index (κ1) is 18.4. The standard InChI is InChI=1S/C19H21N3O3/c1-21(2)14-18(16-8-4-3-5-9-16)20-19(23)12-11-15-7-6-10-17(13-15)22(24)25/h3-13,18H,14H2,1-2H3,(H,20,23)/b12-11+/t18-/m1/s1. The van der Waals surface area contributed by atoms with Crippen molar-refractivity contribution in [3.63, 3.8) is 0 Å². The summed E-state index contributed by atoms with van der Waals surface area (Å²) in [7, 11) is 3.89. The number of non-ortho nitro benzene ring substituents is 1. The quantitative estimate of drug-likeness (QED) is 0.478. The average molecular weight is 339 g/mol. The van der Waals surface area contributed by atoms with Crippen LogP contribution in [0.25, 0.3) is 6.08 Å². The summed E-state index contributed by atoms with van der Waals surface area (Å²) in [6, 6.07) is 15.8. The van der Waals surface area contributed by atoms with Crippen LogP contribution < -0.4 is 5.32 Å². The molecular formula is C19H21N3O3. The van der Waals surface area contributed by atoms with Crippen LogP contribution in [0.5, 0.6) is 0 Å². The van der Waals surface area contributed by atoms with Crippen LogP contribution in [0.4, 0.5) is 5.69 Å². The molecule has 25 heavy (non-hydrogen) atoms. The summed E-state index contributed by atoms with van der Waals surface area (Å²) in [5, 5.41) is 13.8. The van der Waals surface area contributed by atoms with Crippen LogP contribution in [0.2, 0.25) is 0 Å². The Kier molecular flexibility index (Phi) is 6.42. The van der Waals surface area contributed by atoms with E-state index in [1.54, 1.807) is 18.2 Å². The van der Waals surface area contributed by atoms with Crippen LogP contribution in [0.15, 0.2) is 60.7 Å². The summed E-state index contributed by atoms with van der Waals surface area (Å²) in [6.07, 6.45) is 2.96. The van der Waals surface area contributed by atoms with Crippen molar-refractivity contribution in [1.82, 2.24) is 10.2 Å². The number of nitro benzene ring substituents is 1.